The molecule has 0 fully saturated rings. The molecule has 0 aliphatic carbocycles. The molecule has 0 saturated carbocycles. The number of rotatable bonds is 3. The van der Waals surface area contributed by atoms with Crippen molar-refractivity contribution in [2.45, 2.75) is 6.43 Å². The van der Waals surface area contributed by atoms with Gasteiger partial charge in [-0.3, -0.25) is 0 Å². The molecule has 0 bridgehead atoms. The molecule has 0 spiro atoms. The van der Waals surface area contributed by atoms with E-state index in [4.69, 9.17) is 0 Å². The molecular formula is C17H12F5N2+. The van der Waals surface area contributed by atoms with E-state index in [2.05, 4.69) is 5.10 Å². The van der Waals surface area contributed by atoms with Crippen LogP contribution in [0.25, 0.3) is 11.1 Å². The Labute approximate surface area is 134 Å². The van der Waals surface area contributed by atoms with Crippen LogP contribution >= 0.6 is 0 Å². The Balaban J connectivity index is 2.20. The quantitative estimate of drug-likeness (QED) is 0.560. The number of para-hydroxylation sites is 1. The molecule has 0 N–H and O–H groups in total. The number of benzene rings is 2. The molecule has 2 aromatic carbocycles. The summed E-state index contributed by atoms with van der Waals surface area (Å²) in [5.41, 5.74) is -0.0513. The molecule has 0 radical (unpaired) electrons. The van der Waals surface area contributed by atoms with Gasteiger partial charge in [0.1, 0.15) is 13.2 Å². The lowest BCUT2D eigenvalue weighted by Gasteiger charge is -2.23. The highest BCUT2D eigenvalue weighted by Crippen LogP contribution is 2.39. The number of hydrogen-bond acceptors (Lipinski definition) is 1. The number of quaternary nitrogens is 1. The zero-order valence-electron chi connectivity index (χ0n) is 12.5. The number of hydrogen-bond donors (Lipinski definition) is 0. The van der Waals surface area contributed by atoms with Crippen LogP contribution in [-0.4, -0.2) is 19.2 Å². The first kappa shape index (κ1) is 16.3. The molecule has 7 heteroatoms. The number of allylic oxidation sites excluding steroid dienone is 1. The molecule has 1 heterocycles. The molecule has 2 nitrogen and oxygen atoms in total. The lowest BCUT2D eigenvalue weighted by Crippen LogP contribution is -2.32. The Hall–Kier alpha value is -2.54. The lowest BCUT2D eigenvalue weighted by atomic mass is 10.0. The molecule has 24 heavy (non-hydrogen) atoms. The van der Waals surface area contributed by atoms with Crippen LogP contribution in [-0.2, 0) is 0 Å². The maximum absolute atomic E-state index is 14.5. The van der Waals surface area contributed by atoms with Crippen molar-refractivity contribution in [1.82, 2.24) is 4.59 Å². The summed E-state index contributed by atoms with van der Waals surface area (Å²) >= 11 is 0. The third kappa shape index (κ3) is 2.71. The van der Waals surface area contributed by atoms with E-state index in [-0.39, 0.29) is 16.8 Å². The van der Waals surface area contributed by atoms with Crippen molar-refractivity contribution in [3.05, 3.63) is 66.1 Å². The summed E-state index contributed by atoms with van der Waals surface area (Å²) in [4.78, 5) is 0. The molecule has 2 aromatic rings. The van der Waals surface area contributed by atoms with Gasteiger partial charge in [0.2, 0.25) is 5.69 Å². The molecule has 3 rings (SSSR count). The first-order chi connectivity index (χ1) is 11.3. The van der Waals surface area contributed by atoms with Crippen LogP contribution in [0, 0.1) is 17.5 Å². The van der Waals surface area contributed by atoms with Gasteiger partial charge in [-0.25, -0.2) is 22.0 Å². The van der Waals surface area contributed by atoms with Gasteiger partial charge in [-0.05, 0) is 29.8 Å². The molecule has 0 aromatic heterocycles. The number of nitrogens with zero attached hydrogens (tertiary/aromatic N) is 2. The van der Waals surface area contributed by atoms with Gasteiger partial charge in [0, 0.05) is 11.6 Å². The van der Waals surface area contributed by atoms with Crippen molar-refractivity contribution in [1.29, 1.82) is 0 Å². The minimum absolute atomic E-state index is 0.0320. The van der Waals surface area contributed by atoms with Crippen molar-refractivity contribution in [3.63, 3.8) is 0 Å². The highest BCUT2D eigenvalue weighted by atomic mass is 19.3. The molecule has 0 saturated heterocycles. The number of alkyl halides is 2. The van der Waals surface area contributed by atoms with Crippen LogP contribution in [0.2, 0.25) is 0 Å². The summed E-state index contributed by atoms with van der Waals surface area (Å²) in [5, 5.41) is 3.86. The van der Waals surface area contributed by atoms with E-state index in [1.807, 2.05) is 0 Å². The van der Waals surface area contributed by atoms with E-state index >= 15 is 0 Å². The highest BCUT2D eigenvalue weighted by Gasteiger charge is 2.36. The van der Waals surface area contributed by atoms with Crippen molar-refractivity contribution < 1.29 is 22.0 Å². The average Bonchev–Trinajstić information content (AvgIpc) is 2.93. The van der Waals surface area contributed by atoms with Gasteiger partial charge in [-0.1, -0.05) is 17.2 Å². The van der Waals surface area contributed by atoms with Gasteiger partial charge in [-0.15, -0.1) is 4.59 Å². The second-order valence-corrected chi connectivity index (χ2v) is 5.43. The Morgan fingerprint density at radius 3 is 2.33 bits per heavy atom. The second kappa shape index (κ2) is 5.83. The molecule has 1 atom stereocenters. The molecule has 1 aliphatic heterocycles. The fraction of sp³-hybridized carbons (Fsp3) is 0.118. The van der Waals surface area contributed by atoms with Crippen molar-refractivity contribution >= 4 is 11.4 Å². The fourth-order valence-corrected chi connectivity index (χ4v) is 2.64. The molecule has 0 amide bonds. The zero-order valence-corrected chi connectivity index (χ0v) is 12.5. The average molecular weight is 339 g/mol. The minimum Gasteiger partial charge on any atom is -0.204 e. The third-order valence-corrected chi connectivity index (χ3v) is 3.75. The summed E-state index contributed by atoms with van der Waals surface area (Å²) in [6, 6.07) is 7.20. The van der Waals surface area contributed by atoms with Gasteiger partial charge >= 0.3 is 0 Å². The van der Waals surface area contributed by atoms with E-state index in [0.29, 0.717) is 0 Å². The number of halogens is 5. The minimum atomic E-state index is -2.79. The maximum Gasteiger partial charge on any atom is 0.285 e. The normalized spacial score (nSPS) is 19.9. The standard InChI is InChI=1S/C17H12F5N2/c1-24(8-7-15(23-24)17(21)22)16-11(3-2-4-13(16)19)10-5-6-12(18)14(20)9-10/h2-9,17H,1H3/q+1. The van der Waals surface area contributed by atoms with Gasteiger partial charge < -0.3 is 0 Å². The first-order valence-electron chi connectivity index (χ1n) is 7.00. The summed E-state index contributed by atoms with van der Waals surface area (Å²) in [7, 11) is 1.42. The maximum atomic E-state index is 14.5. The Morgan fingerprint density at radius 1 is 0.958 bits per heavy atom. The van der Waals surface area contributed by atoms with Gasteiger partial charge in [0.15, 0.2) is 23.2 Å². The zero-order chi connectivity index (χ0) is 17.5. The van der Waals surface area contributed by atoms with Gasteiger partial charge in [0.25, 0.3) is 6.43 Å². The largest absolute Gasteiger partial charge is 0.285 e. The third-order valence-electron chi connectivity index (χ3n) is 3.75. The molecule has 1 aliphatic rings. The van der Waals surface area contributed by atoms with E-state index in [1.165, 1.54) is 31.4 Å². The predicted molar refractivity (Wildman–Crippen MR) is 82.0 cm³/mol. The summed E-state index contributed by atoms with van der Waals surface area (Å²) in [5.74, 6) is -2.81. The molecular weight excluding hydrogens is 327 g/mol. The topological polar surface area (TPSA) is 12.4 Å². The lowest BCUT2D eigenvalue weighted by molar-refractivity contribution is 0.225. The van der Waals surface area contributed by atoms with Gasteiger partial charge in [-0.2, -0.15) is 0 Å². The van der Waals surface area contributed by atoms with Crippen molar-refractivity contribution in [2.24, 2.45) is 5.10 Å². The van der Waals surface area contributed by atoms with E-state index in [1.54, 1.807) is 0 Å². The smallest absolute Gasteiger partial charge is 0.204 e. The second-order valence-electron chi connectivity index (χ2n) is 5.43. The Kier molecular flexibility index (Phi) is 3.96. The Morgan fingerprint density at radius 2 is 1.71 bits per heavy atom. The summed E-state index contributed by atoms with van der Waals surface area (Å²) < 4.78 is 66.2. The van der Waals surface area contributed by atoms with Crippen LogP contribution in [0.5, 0.6) is 0 Å². The highest BCUT2D eigenvalue weighted by molar-refractivity contribution is 6.00. The van der Waals surface area contributed by atoms with E-state index in [9.17, 15) is 22.0 Å². The Bertz CT molecular complexity index is 860. The van der Waals surface area contributed by atoms with Crippen LogP contribution in [0.3, 0.4) is 0 Å². The summed E-state index contributed by atoms with van der Waals surface area (Å²) in [6.45, 7) is 0. The van der Waals surface area contributed by atoms with E-state index in [0.717, 1.165) is 24.3 Å². The van der Waals surface area contributed by atoms with E-state index < -0.39 is 34.2 Å². The monoisotopic (exact) mass is 339 g/mol. The van der Waals surface area contributed by atoms with Crippen molar-refractivity contribution in [2.75, 3.05) is 7.05 Å². The van der Waals surface area contributed by atoms with Crippen LogP contribution in [0.4, 0.5) is 27.6 Å². The molecule has 1 unspecified atom stereocenters. The SMILES string of the molecule is C[N+]1(c2c(F)cccc2-c2ccc(F)c(F)c2)C=CC(C(F)F)=N1. The van der Waals surface area contributed by atoms with Crippen molar-refractivity contribution in [3.8, 4) is 11.1 Å². The fourth-order valence-electron chi connectivity index (χ4n) is 2.64. The predicted octanol–water partition coefficient (Wildman–Crippen LogP) is 4.86. The van der Waals surface area contributed by atoms with Crippen LogP contribution < -0.4 is 4.59 Å². The molecule has 124 valence electrons. The van der Waals surface area contributed by atoms with Gasteiger partial charge in [0.05, 0.1) is 0 Å². The summed E-state index contributed by atoms with van der Waals surface area (Å²) in [6.07, 6.45) is -0.366. The van der Waals surface area contributed by atoms with Crippen LogP contribution in [0.1, 0.15) is 0 Å². The first-order valence-corrected chi connectivity index (χ1v) is 7.00. The van der Waals surface area contributed by atoms with Crippen LogP contribution in [0.15, 0.2) is 53.8 Å².